The average molecular weight is 535 g/mol. The quantitative estimate of drug-likeness (QED) is 0.281. The minimum absolute atomic E-state index is 0. The molecule has 8 nitrogen and oxygen atoms in total. The van der Waals surface area contributed by atoms with Gasteiger partial charge >= 0.3 is 0 Å². The Morgan fingerprint density at radius 2 is 2.00 bits per heavy atom. The van der Waals surface area contributed by atoms with Crippen LogP contribution in [0.25, 0.3) is 0 Å². The molecule has 0 saturated heterocycles. The second-order valence-corrected chi connectivity index (χ2v) is 8.01. The Morgan fingerprint density at radius 1 is 1.23 bits per heavy atom. The van der Waals surface area contributed by atoms with Gasteiger partial charge in [0.2, 0.25) is 5.89 Å². The minimum Gasteiger partial charge on any atom is -0.378 e. The Bertz CT molecular complexity index is 663. The molecule has 3 rings (SSSR count). The molecule has 0 bridgehead atoms. The molecule has 2 N–H and O–H groups in total. The molecular weight excluding hydrogens is 497 g/mol. The van der Waals surface area contributed by atoms with Crippen molar-refractivity contribution in [1.29, 1.82) is 0 Å². The van der Waals surface area contributed by atoms with Crippen LogP contribution in [-0.2, 0) is 16.0 Å². The highest BCUT2D eigenvalue weighted by molar-refractivity contribution is 14.0. The summed E-state index contributed by atoms with van der Waals surface area (Å²) in [5, 5.41) is 11.0. The zero-order valence-corrected chi connectivity index (χ0v) is 21.1. The molecule has 2 fully saturated rings. The highest BCUT2D eigenvalue weighted by atomic mass is 127. The van der Waals surface area contributed by atoms with Gasteiger partial charge < -0.3 is 24.6 Å². The number of aliphatic imine (C=N–C) groups is 1. The molecule has 0 amide bonds. The third kappa shape index (κ3) is 5.85. The summed E-state index contributed by atoms with van der Waals surface area (Å²) in [5.74, 6) is 1.86. The Morgan fingerprint density at radius 3 is 2.67 bits per heavy atom. The second-order valence-electron chi connectivity index (χ2n) is 8.01. The molecule has 1 aromatic heterocycles. The van der Waals surface area contributed by atoms with Crippen LogP contribution in [0.1, 0.15) is 84.0 Å². The monoisotopic (exact) mass is 535 g/mol. The molecule has 2 aliphatic carbocycles. The Hall–Kier alpha value is -0.940. The number of ether oxygens (including phenoxy) is 2. The maximum Gasteiger partial charge on any atom is 0.248 e. The van der Waals surface area contributed by atoms with Gasteiger partial charge in [-0.25, -0.2) is 4.99 Å². The van der Waals surface area contributed by atoms with E-state index in [1.165, 1.54) is 32.1 Å². The summed E-state index contributed by atoms with van der Waals surface area (Å²) in [6, 6.07) is 0.397. The third-order valence-corrected chi connectivity index (χ3v) is 6.23. The van der Waals surface area contributed by atoms with Crippen molar-refractivity contribution in [2.45, 2.75) is 91.0 Å². The first-order valence-electron chi connectivity index (χ1n) is 11.2. The number of aromatic nitrogens is 2. The maximum absolute atomic E-state index is 6.07. The smallest absolute Gasteiger partial charge is 0.248 e. The summed E-state index contributed by atoms with van der Waals surface area (Å²) in [6.45, 7) is 10.6. The lowest BCUT2D eigenvalue weighted by Crippen LogP contribution is -2.66. The van der Waals surface area contributed by atoms with E-state index in [1.807, 2.05) is 13.8 Å². The lowest BCUT2D eigenvalue weighted by molar-refractivity contribution is -0.145. The van der Waals surface area contributed by atoms with Crippen LogP contribution in [0, 0.1) is 5.41 Å². The van der Waals surface area contributed by atoms with Crippen molar-refractivity contribution in [1.82, 2.24) is 20.8 Å². The van der Waals surface area contributed by atoms with Gasteiger partial charge in [-0.05, 0) is 47.0 Å². The Kier molecular flexibility index (Phi) is 10.3. The van der Waals surface area contributed by atoms with Crippen LogP contribution < -0.4 is 10.6 Å². The molecule has 172 valence electrons. The normalized spacial score (nSPS) is 24.1. The fraction of sp³-hybridized carbons (Fsp3) is 0.857. The molecule has 3 unspecified atom stereocenters. The molecule has 0 radical (unpaired) electrons. The van der Waals surface area contributed by atoms with E-state index in [0.717, 1.165) is 25.5 Å². The van der Waals surface area contributed by atoms with Crippen LogP contribution in [0.2, 0.25) is 0 Å². The van der Waals surface area contributed by atoms with Crippen LogP contribution >= 0.6 is 24.0 Å². The molecule has 2 saturated carbocycles. The topological polar surface area (TPSA) is 93.8 Å². The first-order valence-corrected chi connectivity index (χ1v) is 11.2. The lowest BCUT2D eigenvalue weighted by atomic mass is 9.55. The van der Waals surface area contributed by atoms with Crippen LogP contribution in [0.15, 0.2) is 9.52 Å². The van der Waals surface area contributed by atoms with Gasteiger partial charge in [0.05, 0.1) is 6.10 Å². The molecule has 2 aliphatic rings. The average Bonchev–Trinajstić information content (AvgIpc) is 3.21. The first kappa shape index (κ1) is 25.3. The van der Waals surface area contributed by atoms with E-state index in [4.69, 9.17) is 14.0 Å². The molecule has 0 aliphatic heterocycles. The summed E-state index contributed by atoms with van der Waals surface area (Å²) in [4.78, 5) is 9.10. The van der Waals surface area contributed by atoms with Gasteiger partial charge in [0.15, 0.2) is 11.8 Å². The molecule has 30 heavy (non-hydrogen) atoms. The fourth-order valence-corrected chi connectivity index (χ4v) is 4.72. The van der Waals surface area contributed by atoms with Crippen molar-refractivity contribution in [3.05, 3.63) is 11.7 Å². The molecule has 0 aromatic carbocycles. The number of nitrogens with one attached hydrogen (secondary N) is 2. The predicted octanol–water partition coefficient (Wildman–Crippen LogP) is 3.97. The highest BCUT2D eigenvalue weighted by Crippen LogP contribution is 2.53. The number of rotatable bonds is 9. The molecule has 1 heterocycles. The van der Waals surface area contributed by atoms with E-state index in [0.29, 0.717) is 37.0 Å². The van der Waals surface area contributed by atoms with Crippen molar-refractivity contribution in [3.8, 4) is 0 Å². The third-order valence-electron chi connectivity index (χ3n) is 6.23. The number of nitrogens with zero attached hydrogens (tertiary/aromatic N) is 3. The van der Waals surface area contributed by atoms with Gasteiger partial charge in [-0.15, -0.1) is 24.0 Å². The van der Waals surface area contributed by atoms with E-state index in [2.05, 4.69) is 39.6 Å². The standard InChI is InChI=1S/C21H37N5O3.HI/c1-5-22-20(23-14-18-25-19(26-29-18)15(4)27-6-2)24-16-13-17(28-7-3)21(16)11-9-8-10-12-21;/h15-17H,5-14H2,1-4H3,(H2,22,23,24);1H. The van der Waals surface area contributed by atoms with Gasteiger partial charge in [0.1, 0.15) is 12.6 Å². The predicted molar refractivity (Wildman–Crippen MR) is 127 cm³/mol. The second kappa shape index (κ2) is 12.2. The molecule has 1 spiro atoms. The summed E-state index contributed by atoms with van der Waals surface area (Å²) in [6.07, 6.45) is 7.61. The van der Waals surface area contributed by atoms with E-state index in [9.17, 15) is 0 Å². The number of halogens is 1. The van der Waals surface area contributed by atoms with Gasteiger partial charge in [-0.2, -0.15) is 4.98 Å². The first-order chi connectivity index (χ1) is 14.1. The molecule has 9 heteroatoms. The number of guanidine groups is 1. The minimum atomic E-state index is -0.176. The van der Waals surface area contributed by atoms with Gasteiger partial charge in [-0.3, -0.25) is 0 Å². The van der Waals surface area contributed by atoms with Crippen LogP contribution in [-0.4, -0.2) is 48.0 Å². The summed E-state index contributed by atoms with van der Waals surface area (Å²) in [7, 11) is 0. The fourth-order valence-electron chi connectivity index (χ4n) is 4.72. The Labute approximate surface area is 197 Å². The van der Waals surface area contributed by atoms with Gasteiger partial charge in [0, 0.05) is 31.2 Å². The summed E-state index contributed by atoms with van der Waals surface area (Å²) < 4.78 is 16.9. The number of hydrogen-bond donors (Lipinski definition) is 2. The van der Waals surface area contributed by atoms with Crippen LogP contribution in [0.4, 0.5) is 0 Å². The summed E-state index contributed by atoms with van der Waals surface area (Å²) >= 11 is 0. The zero-order chi connectivity index (χ0) is 20.7. The van der Waals surface area contributed by atoms with E-state index in [1.54, 1.807) is 0 Å². The van der Waals surface area contributed by atoms with Gasteiger partial charge in [0.25, 0.3) is 0 Å². The maximum atomic E-state index is 6.07. The van der Waals surface area contributed by atoms with Crippen molar-refractivity contribution in [2.24, 2.45) is 10.4 Å². The van der Waals surface area contributed by atoms with Crippen LogP contribution in [0.3, 0.4) is 0 Å². The highest BCUT2D eigenvalue weighted by Gasteiger charge is 2.55. The largest absolute Gasteiger partial charge is 0.378 e. The zero-order valence-electron chi connectivity index (χ0n) is 18.8. The molecular formula is C21H38IN5O3. The van der Waals surface area contributed by atoms with Gasteiger partial charge in [-0.1, -0.05) is 24.4 Å². The van der Waals surface area contributed by atoms with Crippen molar-refractivity contribution >= 4 is 29.9 Å². The Balaban J connectivity index is 0.00000320. The SMILES string of the molecule is CCNC(=NCc1nc(C(C)OCC)no1)NC1CC(OCC)C12CCCCC2.I. The molecule has 3 atom stereocenters. The van der Waals surface area contributed by atoms with Crippen LogP contribution in [0.5, 0.6) is 0 Å². The summed E-state index contributed by atoms with van der Waals surface area (Å²) in [5.41, 5.74) is 0.245. The van der Waals surface area contributed by atoms with Crippen molar-refractivity contribution in [3.63, 3.8) is 0 Å². The van der Waals surface area contributed by atoms with E-state index < -0.39 is 0 Å². The van der Waals surface area contributed by atoms with E-state index in [-0.39, 0.29) is 35.5 Å². The van der Waals surface area contributed by atoms with Crippen molar-refractivity contribution < 1.29 is 14.0 Å². The van der Waals surface area contributed by atoms with E-state index >= 15 is 0 Å². The van der Waals surface area contributed by atoms with Crippen molar-refractivity contribution in [2.75, 3.05) is 19.8 Å². The lowest BCUT2D eigenvalue weighted by Gasteiger charge is -2.57. The number of hydrogen-bond acceptors (Lipinski definition) is 6. The molecule has 1 aromatic rings.